The minimum absolute atomic E-state index is 0.822. The van der Waals surface area contributed by atoms with E-state index >= 15 is 0 Å². The lowest BCUT2D eigenvalue weighted by Gasteiger charge is -2.30. The highest BCUT2D eigenvalue weighted by Gasteiger charge is 2.23. The van der Waals surface area contributed by atoms with Gasteiger partial charge in [0, 0.05) is 36.6 Å². The molecule has 2 aliphatic heterocycles. The van der Waals surface area contributed by atoms with Crippen LogP contribution in [0.5, 0.6) is 5.75 Å². The summed E-state index contributed by atoms with van der Waals surface area (Å²) in [5.74, 6) is 1.05. The van der Waals surface area contributed by atoms with Crippen LogP contribution < -0.4 is 4.74 Å². The van der Waals surface area contributed by atoms with E-state index in [-0.39, 0.29) is 0 Å². The fraction of sp³-hybridized carbons (Fsp3) is 0.361. The van der Waals surface area contributed by atoms with Crippen molar-refractivity contribution in [1.82, 2.24) is 9.88 Å². The van der Waals surface area contributed by atoms with Gasteiger partial charge < -0.3 is 4.74 Å². The second-order valence-electron chi connectivity index (χ2n) is 11.5. The Morgan fingerprint density at radius 3 is 2.41 bits per heavy atom. The molecule has 3 aromatic carbocycles. The van der Waals surface area contributed by atoms with Crippen LogP contribution in [0.4, 0.5) is 0 Å². The molecule has 0 bridgehead atoms. The maximum absolute atomic E-state index is 5.94. The zero-order chi connectivity index (χ0) is 27.1. The largest absolute Gasteiger partial charge is 0.493 e. The molecule has 200 valence electrons. The number of nitrogens with zero attached hydrogens (tertiary/aromatic N) is 2. The van der Waals surface area contributed by atoms with Gasteiger partial charge in [-0.2, -0.15) is 0 Å². The number of aromatic nitrogens is 1. The second kappa shape index (κ2) is 10.6. The molecule has 0 aliphatic carbocycles. The van der Waals surface area contributed by atoms with E-state index in [1.807, 2.05) is 0 Å². The third-order valence-electron chi connectivity index (χ3n) is 8.71. The third-order valence-corrected chi connectivity index (χ3v) is 8.71. The molecule has 3 nitrogen and oxygen atoms in total. The molecular formula is C36H40N2O. The molecule has 3 heteroatoms. The Kier molecular flexibility index (Phi) is 7.03. The second-order valence-corrected chi connectivity index (χ2v) is 11.5. The topological polar surface area (TPSA) is 25.4 Å². The van der Waals surface area contributed by atoms with Gasteiger partial charge in [0.05, 0.1) is 6.61 Å². The van der Waals surface area contributed by atoms with Crippen molar-refractivity contribution < 1.29 is 4.74 Å². The Labute approximate surface area is 233 Å². The van der Waals surface area contributed by atoms with Crippen LogP contribution in [0.1, 0.15) is 63.7 Å². The summed E-state index contributed by atoms with van der Waals surface area (Å²) < 4.78 is 5.94. The summed E-state index contributed by atoms with van der Waals surface area (Å²) in [5.41, 5.74) is 17.3. The Morgan fingerprint density at radius 1 is 0.795 bits per heavy atom. The molecule has 0 N–H and O–H groups in total. The van der Waals surface area contributed by atoms with Crippen molar-refractivity contribution >= 4 is 0 Å². The van der Waals surface area contributed by atoms with Crippen molar-refractivity contribution in [2.45, 2.75) is 73.4 Å². The first-order valence-corrected chi connectivity index (χ1v) is 14.6. The third kappa shape index (κ3) is 5.01. The first-order chi connectivity index (χ1) is 18.9. The first kappa shape index (κ1) is 25.8. The van der Waals surface area contributed by atoms with Crippen LogP contribution in [0.3, 0.4) is 0 Å². The van der Waals surface area contributed by atoms with Crippen LogP contribution in [-0.2, 0) is 32.4 Å². The average molecular weight is 517 g/mol. The minimum Gasteiger partial charge on any atom is -0.493 e. The first-order valence-electron chi connectivity index (χ1n) is 14.6. The molecule has 2 aliphatic rings. The van der Waals surface area contributed by atoms with Crippen molar-refractivity contribution in [1.29, 1.82) is 0 Å². The molecule has 0 atom stereocenters. The van der Waals surface area contributed by atoms with Crippen molar-refractivity contribution in [3.63, 3.8) is 0 Å². The predicted molar refractivity (Wildman–Crippen MR) is 162 cm³/mol. The summed E-state index contributed by atoms with van der Waals surface area (Å²) in [6, 6.07) is 20.8. The van der Waals surface area contributed by atoms with Gasteiger partial charge in [-0.1, -0.05) is 55.0 Å². The van der Waals surface area contributed by atoms with Gasteiger partial charge in [0.1, 0.15) is 5.75 Å². The maximum Gasteiger partial charge on any atom is 0.122 e. The van der Waals surface area contributed by atoms with Crippen LogP contribution in [0.25, 0.3) is 22.3 Å². The van der Waals surface area contributed by atoms with Gasteiger partial charge in [-0.25, -0.2) is 0 Å². The number of rotatable bonds is 5. The van der Waals surface area contributed by atoms with Gasteiger partial charge in [-0.15, -0.1) is 0 Å². The quantitative estimate of drug-likeness (QED) is 0.268. The van der Waals surface area contributed by atoms with Gasteiger partial charge in [-0.3, -0.25) is 9.88 Å². The van der Waals surface area contributed by atoms with Crippen LogP contribution in [0.2, 0.25) is 0 Å². The zero-order valence-corrected chi connectivity index (χ0v) is 24.2. The highest BCUT2D eigenvalue weighted by Crippen LogP contribution is 2.41. The summed E-state index contributed by atoms with van der Waals surface area (Å²) in [6.07, 6.45) is 4.22. The van der Waals surface area contributed by atoms with Crippen LogP contribution in [-0.4, -0.2) is 23.0 Å². The number of pyridine rings is 1. The van der Waals surface area contributed by atoms with Gasteiger partial charge in [0.15, 0.2) is 0 Å². The SMILES string of the molecule is CCc1c(C)nc(C)c(-c2ccc3c(c2)CCN(Cc2ccc(C)cc2C)C3)c1-c1ccc2c(c1)CCCO2. The molecule has 0 unspecified atom stereocenters. The van der Waals surface area contributed by atoms with Crippen LogP contribution in [0.15, 0.2) is 54.6 Å². The fourth-order valence-electron chi connectivity index (χ4n) is 6.67. The molecule has 3 heterocycles. The number of fused-ring (bicyclic) bond motifs is 2. The lowest BCUT2D eigenvalue weighted by atomic mass is 9.85. The molecule has 39 heavy (non-hydrogen) atoms. The van der Waals surface area contributed by atoms with Crippen LogP contribution in [0, 0.1) is 27.7 Å². The van der Waals surface area contributed by atoms with Crippen molar-refractivity contribution in [2.24, 2.45) is 0 Å². The van der Waals surface area contributed by atoms with Crippen molar-refractivity contribution in [3.05, 3.63) is 105 Å². The lowest BCUT2D eigenvalue weighted by Crippen LogP contribution is -2.30. The Hall–Kier alpha value is -3.43. The van der Waals surface area contributed by atoms with E-state index < -0.39 is 0 Å². The molecular weight excluding hydrogens is 476 g/mol. The Bertz CT molecular complexity index is 1550. The summed E-state index contributed by atoms with van der Waals surface area (Å²) in [5, 5.41) is 0. The molecule has 4 aromatic rings. The van der Waals surface area contributed by atoms with E-state index in [1.165, 1.54) is 61.2 Å². The van der Waals surface area contributed by atoms with Crippen molar-refractivity contribution in [3.8, 4) is 28.0 Å². The monoisotopic (exact) mass is 516 g/mol. The van der Waals surface area contributed by atoms with E-state index in [4.69, 9.17) is 9.72 Å². The highest BCUT2D eigenvalue weighted by molar-refractivity contribution is 5.88. The molecule has 0 fully saturated rings. The fourth-order valence-corrected chi connectivity index (χ4v) is 6.67. The molecule has 0 radical (unpaired) electrons. The number of hydrogen-bond acceptors (Lipinski definition) is 3. The Morgan fingerprint density at radius 2 is 1.59 bits per heavy atom. The molecule has 0 spiro atoms. The van der Waals surface area contributed by atoms with Gasteiger partial charge >= 0.3 is 0 Å². The van der Waals surface area contributed by atoms with Crippen LogP contribution >= 0.6 is 0 Å². The average Bonchev–Trinajstić information content (AvgIpc) is 2.93. The maximum atomic E-state index is 5.94. The molecule has 0 saturated heterocycles. The van der Waals surface area contributed by atoms with Crippen molar-refractivity contribution in [2.75, 3.05) is 13.2 Å². The lowest BCUT2D eigenvalue weighted by molar-refractivity contribution is 0.245. The normalized spacial score (nSPS) is 15.0. The van der Waals surface area contributed by atoms with Gasteiger partial charge in [-0.05, 0) is 116 Å². The number of aryl methyl sites for hydroxylation is 5. The van der Waals surface area contributed by atoms with E-state index in [0.29, 0.717) is 0 Å². The Balaban J connectivity index is 1.37. The summed E-state index contributed by atoms with van der Waals surface area (Å²) in [7, 11) is 0. The summed E-state index contributed by atoms with van der Waals surface area (Å²) in [4.78, 5) is 7.64. The molecule has 0 amide bonds. The smallest absolute Gasteiger partial charge is 0.122 e. The van der Waals surface area contributed by atoms with E-state index in [2.05, 4.69) is 94.1 Å². The zero-order valence-electron chi connectivity index (χ0n) is 24.2. The highest BCUT2D eigenvalue weighted by atomic mass is 16.5. The van der Waals surface area contributed by atoms with Gasteiger partial charge in [0.25, 0.3) is 0 Å². The molecule has 1 aromatic heterocycles. The van der Waals surface area contributed by atoms with Gasteiger partial charge in [0.2, 0.25) is 0 Å². The minimum atomic E-state index is 0.822. The predicted octanol–water partition coefficient (Wildman–Crippen LogP) is 8.09. The number of ether oxygens (including phenoxy) is 1. The number of hydrogen-bond donors (Lipinski definition) is 0. The van der Waals surface area contributed by atoms with E-state index in [1.54, 1.807) is 0 Å². The van der Waals surface area contributed by atoms with E-state index in [9.17, 15) is 0 Å². The molecule has 0 saturated carbocycles. The summed E-state index contributed by atoms with van der Waals surface area (Å²) in [6.45, 7) is 14.9. The molecule has 6 rings (SSSR count). The number of benzene rings is 3. The summed E-state index contributed by atoms with van der Waals surface area (Å²) >= 11 is 0. The standard InChI is InChI=1S/C36H40N2O/c1-6-33-25(4)37-26(5)35(36(33)30-13-14-34-28(20-30)8-7-17-39-34)29-11-12-32-22-38(16-15-27(32)19-29)21-31-10-9-23(2)18-24(31)3/h9-14,18-20H,6-8,15-17,21-22H2,1-5H3. The van der Waals surface area contributed by atoms with E-state index in [0.717, 1.165) is 69.1 Å².